The molecule has 0 aromatic heterocycles. The molecular formula is C17H19NO2. The highest BCUT2D eigenvalue weighted by atomic mass is 16.5. The molecule has 1 atom stereocenters. The molecule has 0 bridgehead atoms. The fraction of sp³-hybridized carbons (Fsp3) is 0.294. The first-order valence-electron chi connectivity index (χ1n) is 6.91. The zero-order chi connectivity index (χ0) is 13.9. The summed E-state index contributed by atoms with van der Waals surface area (Å²) in [5.41, 5.74) is 3.46. The van der Waals surface area contributed by atoms with Gasteiger partial charge in [-0.05, 0) is 30.7 Å². The van der Waals surface area contributed by atoms with Crippen molar-refractivity contribution in [3.05, 3.63) is 53.6 Å². The lowest BCUT2D eigenvalue weighted by atomic mass is 10.00. The number of para-hydroxylation sites is 1. The molecule has 104 valence electrons. The number of ether oxygens (including phenoxy) is 2. The number of aryl methyl sites for hydroxylation is 1. The smallest absolute Gasteiger partial charge is 0.141 e. The first-order chi connectivity index (χ1) is 9.78. The topological polar surface area (TPSA) is 30.5 Å². The van der Waals surface area contributed by atoms with Gasteiger partial charge in [-0.2, -0.15) is 0 Å². The van der Waals surface area contributed by atoms with Crippen LogP contribution >= 0.6 is 0 Å². The van der Waals surface area contributed by atoms with Crippen molar-refractivity contribution in [3.63, 3.8) is 0 Å². The molecule has 0 saturated carbocycles. The second kappa shape index (κ2) is 5.45. The zero-order valence-corrected chi connectivity index (χ0v) is 11.8. The highest BCUT2D eigenvalue weighted by Gasteiger charge is 2.21. The lowest BCUT2D eigenvalue weighted by Crippen LogP contribution is -2.20. The second-order valence-corrected chi connectivity index (χ2v) is 5.08. The first kappa shape index (κ1) is 12.9. The lowest BCUT2D eigenvalue weighted by Gasteiger charge is -2.28. The normalized spacial score (nSPS) is 17.0. The highest BCUT2D eigenvalue weighted by molar-refractivity contribution is 5.59. The van der Waals surface area contributed by atoms with Crippen LogP contribution < -0.4 is 14.8 Å². The molecule has 1 unspecified atom stereocenters. The molecule has 0 spiro atoms. The molecule has 3 heteroatoms. The van der Waals surface area contributed by atoms with Crippen molar-refractivity contribution in [3.8, 4) is 11.5 Å². The van der Waals surface area contributed by atoms with Gasteiger partial charge < -0.3 is 14.8 Å². The fourth-order valence-electron chi connectivity index (χ4n) is 2.61. The van der Waals surface area contributed by atoms with Gasteiger partial charge in [0.05, 0.1) is 25.4 Å². The summed E-state index contributed by atoms with van der Waals surface area (Å²) >= 11 is 0. The van der Waals surface area contributed by atoms with Gasteiger partial charge in [0.2, 0.25) is 0 Å². The quantitative estimate of drug-likeness (QED) is 0.915. The van der Waals surface area contributed by atoms with E-state index in [2.05, 4.69) is 36.5 Å². The van der Waals surface area contributed by atoms with Crippen molar-refractivity contribution >= 4 is 5.69 Å². The highest BCUT2D eigenvalue weighted by Crippen LogP contribution is 2.36. The maximum absolute atomic E-state index is 5.70. The van der Waals surface area contributed by atoms with E-state index in [4.69, 9.17) is 9.47 Å². The van der Waals surface area contributed by atoms with Gasteiger partial charge in [0.15, 0.2) is 0 Å². The number of benzene rings is 2. The molecule has 2 aromatic rings. The summed E-state index contributed by atoms with van der Waals surface area (Å²) in [5, 5.41) is 3.59. The van der Waals surface area contributed by atoms with E-state index in [0.29, 0.717) is 0 Å². The second-order valence-electron chi connectivity index (χ2n) is 5.08. The van der Waals surface area contributed by atoms with Crippen molar-refractivity contribution in [2.75, 3.05) is 19.0 Å². The summed E-state index contributed by atoms with van der Waals surface area (Å²) in [5.74, 6) is 1.85. The first-order valence-corrected chi connectivity index (χ1v) is 6.91. The van der Waals surface area contributed by atoms with Gasteiger partial charge in [-0.1, -0.05) is 24.3 Å². The van der Waals surface area contributed by atoms with Crippen LogP contribution in [0.4, 0.5) is 5.69 Å². The minimum atomic E-state index is 0.260. The van der Waals surface area contributed by atoms with Crippen LogP contribution in [0.5, 0.6) is 11.5 Å². The van der Waals surface area contributed by atoms with Crippen LogP contribution in [0.25, 0.3) is 0 Å². The number of nitrogens with one attached hydrogen (secondary N) is 1. The van der Waals surface area contributed by atoms with Crippen LogP contribution in [0.1, 0.15) is 23.6 Å². The number of hydrogen-bond donors (Lipinski definition) is 1. The Bertz CT molecular complexity index is 610. The van der Waals surface area contributed by atoms with E-state index < -0.39 is 0 Å². The Balaban J connectivity index is 1.91. The van der Waals surface area contributed by atoms with Crippen LogP contribution in [0, 0.1) is 6.92 Å². The number of anilines is 1. The van der Waals surface area contributed by atoms with E-state index in [0.717, 1.165) is 30.2 Å². The molecular weight excluding hydrogens is 250 g/mol. The summed E-state index contributed by atoms with van der Waals surface area (Å²) in [7, 11) is 1.70. The number of methoxy groups -OCH3 is 1. The predicted octanol–water partition coefficient (Wildman–Crippen LogP) is 3.94. The Kier molecular flexibility index (Phi) is 3.50. The molecule has 0 fully saturated rings. The van der Waals surface area contributed by atoms with E-state index in [1.54, 1.807) is 7.11 Å². The van der Waals surface area contributed by atoms with Crippen LogP contribution in [-0.2, 0) is 0 Å². The van der Waals surface area contributed by atoms with Gasteiger partial charge in [-0.3, -0.25) is 0 Å². The molecule has 1 N–H and O–H groups in total. The van der Waals surface area contributed by atoms with Crippen molar-refractivity contribution in [1.29, 1.82) is 0 Å². The Morgan fingerprint density at radius 1 is 1.20 bits per heavy atom. The fourth-order valence-corrected chi connectivity index (χ4v) is 2.61. The zero-order valence-electron chi connectivity index (χ0n) is 11.8. The monoisotopic (exact) mass is 269 g/mol. The van der Waals surface area contributed by atoms with Crippen LogP contribution in [0.2, 0.25) is 0 Å². The summed E-state index contributed by atoms with van der Waals surface area (Å²) in [6.07, 6.45) is 0.952. The average Bonchev–Trinajstić information content (AvgIpc) is 2.48. The maximum Gasteiger partial charge on any atom is 0.141 e. The third kappa shape index (κ3) is 2.44. The van der Waals surface area contributed by atoms with Crippen molar-refractivity contribution < 1.29 is 9.47 Å². The Hall–Kier alpha value is -2.16. The standard InChI is InChI=1S/C17H19NO2/c1-12-7-8-17(19-2)15(11-12)18-14-9-10-20-16-6-4-3-5-13(14)16/h3-8,11,14,18H,9-10H2,1-2H3. The van der Waals surface area contributed by atoms with Crippen molar-refractivity contribution in [2.45, 2.75) is 19.4 Å². The number of rotatable bonds is 3. The Morgan fingerprint density at radius 2 is 2.05 bits per heavy atom. The van der Waals surface area contributed by atoms with Gasteiger partial charge in [-0.25, -0.2) is 0 Å². The molecule has 1 aliphatic heterocycles. The lowest BCUT2D eigenvalue weighted by molar-refractivity contribution is 0.274. The molecule has 1 heterocycles. The van der Waals surface area contributed by atoms with Crippen LogP contribution in [0.15, 0.2) is 42.5 Å². The average molecular weight is 269 g/mol. The number of hydrogen-bond acceptors (Lipinski definition) is 3. The molecule has 0 radical (unpaired) electrons. The van der Waals surface area contributed by atoms with Crippen LogP contribution in [0.3, 0.4) is 0 Å². The van der Waals surface area contributed by atoms with Crippen molar-refractivity contribution in [2.24, 2.45) is 0 Å². The van der Waals surface area contributed by atoms with Gasteiger partial charge in [0, 0.05) is 12.0 Å². The summed E-state index contributed by atoms with van der Waals surface area (Å²) < 4.78 is 11.1. The van der Waals surface area contributed by atoms with E-state index in [9.17, 15) is 0 Å². The molecule has 3 nitrogen and oxygen atoms in total. The third-order valence-corrected chi connectivity index (χ3v) is 3.64. The molecule has 0 aliphatic carbocycles. The Morgan fingerprint density at radius 3 is 2.90 bits per heavy atom. The molecule has 2 aromatic carbocycles. The van der Waals surface area contributed by atoms with E-state index in [1.165, 1.54) is 11.1 Å². The van der Waals surface area contributed by atoms with Gasteiger partial charge in [0.1, 0.15) is 11.5 Å². The van der Waals surface area contributed by atoms with Gasteiger partial charge >= 0.3 is 0 Å². The molecule has 0 amide bonds. The summed E-state index contributed by atoms with van der Waals surface area (Å²) in [4.78, 5) is 0. The third-order valence-electron chi connectivity index (χ3n) is 3.64. The molecule has 1 aliphatic rings. The largest absolute Gasteiger partial charge is 0.495 e. The minimum Gasteiger partial charge on any atom is -0.495 e. The van der Waals surface area contributed by atoms with Crippen LogP contribution in [-0.4, -0.2) is 13.7 Å². The molecule has 0 saturated heterocycles. The minimum absolute atomic E-state index is 0.260. The Labute approximate surface area is 119 Å². The van der Waals surface area contributed by atoms with Crippen molar-refractivity contribution in [1.82, 2.24) is 0 Å². The summed E-state index contributed by atoms with van der Waals surface area (Å²) in [6.45, 7) is 2.82. The van der Waals surface area contributed by atoms with E-state index in [1.807, 2.05) is 18.2 Å². The summed E-state index contributed by atoms with van der Waals surface area (Å²) in [6, 6.07) is 14.6. The maximum atomic E-state index is 5.70. The van der Waals surface area contributed by atoms with E-state index in [-0.39, 0.29) is 6.04 Å². The van der Waals surface area contributed by atoms with Gasteiger partial charge in [0.25, 0.3) is 0 Å². The number of fused-ring (bicyclic) bond motifs is 1. The van der Waals surface area contributed by atoms with Gasteiger partial charge in [-0.15, -0.1) is 0 Å². The predicted molar refractivity (Wildman–Crippen MR) is 80.6 cm³/mol. The SMILES string of the molecule is COc1ccc(C)cc1NC1CCOc2ccccc21. The van der Waals surface area contributed by atoms with E-state index >= 15 is 0 Å². The molecule has 3 rings (SSSR count). The molecule has 20 heavy (non-hydrogen) atoms.